The van der Waals surface area contributed by atoms with Gasteiger partial charge in [0, 0.05) is 5.97 Å². The molecule has 0 saturated heterocycles. The first-order valence-corrected chi connectivity index (χ1v) is 2.50. The molecule has 1 atom stereocenters. The standard InChI is InChI=1S/C6H10O2.Na/c1-3-4-5(2)6(7)8;/h3,5H,1,4H2,2H3,(H,7,8);/q;+1/p-1. The number of aliphatic carboxylic acids is 1. The molecule has 0 aliphatic rings. The van der Waals surface area contributed by atoms with E-state index in [1.807, 2.05) is 0 Å². The summed E-state index contributed by atoms with van der Waals surface area (Å²) in [5.41, 5.74) is 0. The molecule has 9 heavy (non-hydrogen) atoms. The molecule has 0 N–H and O–H groups in total. The maximum absolute atomic E-state index is 9.93. The Kier molecular flexibility index (Phi) is 8.40. The normalized spacial score (nSPS) is 11.2. The molecule has 0 aromatic carbocycles. The smallest absolute Gasteiger partial charge is 0.550 e. The van der Waals surface area contributed by atoms with E-state index in [-0.39, 0.29) is 29.6 Å². The maximum atomic E-state index is 9.93. The van der Waals surface area contributed by atoms with Crippen LogP contribution in [0.25, 0.3) is 0 Å². The number of carboxylic acid groups (broad SMARTS) is 1. The van der Waals surface area contributed by atoms with Crippen molar-refractivity contribution < 1.29 is 39.5 Å². The third kappa shape index (κ3) is 6.09. The van der Waals surface area contributed by atoms with Crippen LogP contribution in [0.5, 0.6) is 0 Å². The number of hydrogen-bond acceptors (Lipinski definition) is 2. The van der Waals surface area contributed by atoms with E-state index < -0.39 is 11.9 Å². The number of rotatable bonds is 3. The van der Waals surface area contributed by atoms with Gasteiger partial charge in [-0.1, -0.05) is 13.0 Å². The minimum absolute atomic E-state index is 0. The van der Waals surface area contributed by atoms with Gasteiger partial charge in [0.05, 0.1) is 0 Å². The van der Waals surface area contributed by atoms with Crippen molar-refractivity contribution in [2.24, 2.45) is 5.92 Å². The Morgan fingerprint density at radius 2 is 2.33 bits per heavy atom. The van der Waals surface area contributed by atoms with E-state index in [1.165, 1.54) is 0 Å². The van der Waals surface area contributed by atoms with Crippen molar-refractivity contribution in [3.8, 4) is 0 Å². The Balaban J connectivity index is 0. The van der Waals surface area contributed by atoms with Crippen molar-refractivity contribution in [3.63, 3.8) is 0 Å². The van der Waals surface area contributed by atoms with Crippen LogP contribution in [0.2, 0.25) is 0 Å². The molecule has 0 aromatic rings. The molecule has 1 unspecified atom stereocenters. The number of hydrogen-bond donors (Lipinski definition) is 0. The third-order valence-corrected chi connectivity index (χ3v) is 0.923. The molecule has 0 saturated carbocycles. The number of carboxylic acids is 1. The van der Waals surface area contributed by atoms with Gasteiger partial charge in [0.15, 0.2) is 0 Å². The van der Waals surface area contributed by atoms with Crippen LogP contribution in [0.3, 0.4) is 0 Å². The van der Waals surface area contributed by atoms with Gasteiger partial charge in [-0.15, -0.1) is 6.58 Å². The van der Waals surface area contributed by atoms with Crippen LogP contribution in [0, 0.1) is 5.92 Å². The van der Waals surface area contributed by atoms with Gasteiger partial charge in [-0.3, -0.25) is 0 Å². The number of carbonyl (C=O) groups is 1. The topological polar surface area (TPSA) is 40.1 Å². The summed E-state index contributed by atoms with van der Waals surface area (Å²) in [6.07, 6.45) is 2.06. The van der Waals surface area contributed by atoms with E-state index in [2.05, 4.69) is 6.58 Å². The molecule has 0 fully saturated rings. The van der Waals surface area contributed by atoms with Gasteiger partial charge in [0.25, 0.3) is 0 Å². The van der Waals surface area contributed by atoms with Gasteiger partial charge in [0.1, 0.15) is 0 Å². The Morgan fingerprint density at radius 1 is 1.89 bits per heavy atom. The molecule has 0 heterocycles. The molecular weight excluding hydrogens is 127 g/mol. The van der Waals surface area contributed by atoms with Gasteiger partial charge in [-0.2, -0.15) is 0 Å². The summed E-state index contributed by atoms with van der Waals surface area (Å²) in [5.74, 6) is -1.41. The van der Waals surface area contributed by atoms with Gasteiger partial charge >= 0.3 is 29.6 Å². The minimum atomic E-state index is -1.01. The molecule has 0 spiro atoms. The van der Waals surface area contributed by atoms with Gasteiger partial charge in [0.2, 0.25) is 0 Å². The zero-order valence-electron chi connectivity index (χ0n) is 5.89. The summed E-state index contributed by atoms with van der Waals surface area (Å²) < 4.78 is 0. The monoisotopic (exact) mass is 136 g/mol. The van der Waals surface area contributed by atoms with Crippen molar-refractivity contribution in [2.75, 3.05) is 0 Å². The van der Waals surface area contributed by atoms with E-state index in [4.69, 9.17) is 0 Å². The Hall–Kier alpha value is 0.210. The van der Waals surface area contributed by atoms with Crippen LogP contribution >= 0.6 is 0 Å². The van der Waals surface area contributed by atoms with Crippen molar-refractivity contribution in [2.45, 2.75) is 13.3 Å². The predicted octanol–water partition coefficient (Wildman–Crippen LogP) is -3.05. The third-order valence-electron chi connectivity index (χ3n) is 0.923. The largest absolute Gasteiger partial charge is 1.00 e. The van der Waals surface area contributed by atoms with Crippen molar-refractivity contribution in [3.05, 3.63) is 12.7 Å². The van der Waals surface area contributed by atoms with Gasteiger partial charge in [-0.25, -0.2) is 0 Å². The summed E-state index contributed by atoms with van der Waals surface area (Å²) in [7, 11) is 0. The zero-order valence-corrected chi connectivity index (χ0v) is 7.89. The summed E-state index contributed by atoms with van der Waals surface area (Å²) in [4.78, 5) is 9.93. The number of carbonyl (C=O) groups excluding carboxylic acids is 1. The quantitative estimate of drug-likeness (QED) is 0.305. The van der Waals surface area contributed by atoms with Crippen LogP contribution in [-0.4, -0.2) is 5.97 Å². The second-order valence-electron chi connectivity index (χ2n) is 1.74. The maximum Gasteiger partial charge on any atom is 1.00 e. The molecule has 0 rings (SSSR count). The van der Waals surface area contributed by atoms with Crippen molar-refractivity contribution in [1.29, 1.82) is 0 Å². The average Bonchev–Trinajstić information content (AvgIpc) is 1.67. The molecule has 3 heteroatoms. The summed E-state index contributed by atoms with van der Waals surface area (Å²) in [6.45, 7) is 4.99. The predicted molar refractivity (Wildman–Crippen MR) is 29.0 cm³/mol. The Morgan fingerprint density at radius 3 is 2.44 bits per heavy atom. The fraction of sp³-hybridized carbons (Fsp3) is 0.500. The second-order valence-corrected chi connectivity index (χ2v) is 1.74. The molecule has 0 bridgehead atoms. The van der Waals surface area contributed by atoms with Crippen LogP contribution in [0.15, 0.2) is 12.7 Å². The van der Waals surface area contributed by atoms with Crippen LogP contribution in [-0.2, 0) is 4.79 Å². The van der Waals surface area contributed by atoms with Crippen LogP contribution < -0.4 is 34.7 Å². The molecule has 0 aliphatic heterocycles. The average molecular weight is 136 g/mol. The second kappa shape index (κ2) is 6.33. The molecule has 0 radical (unpaired) electrons. The van der Waals surface area contributed by atoms with Crippen molar-refractivity contribution >= 4 is 5.97 Å². The van der Waals surface area contributed by atoms with Crippen molar-refractivity contribution in [1.82, 2.24) is 0 Å². The van der Waals surface area contributed by atoms with Gasteiger partial charge in [-0.05, 0) is 12.3 Å². The van der Waals surface area contributed by atoms with Crippen LogP contribution in [0.1, 0.15) is 13.3 Å². The summed E-state index contributed by atoms with van der Waals surface area (Å²) >= 11 is 0. The molecule has 46 valence electrons. The molecular formula is C6H9NaO2. The van der Waals surface area contributed by atoms with E-state index >= 15 is 0 Å². The first-order chi connectivity index (χ1) is 3.68. The van der Waals surface area contributed by atoms with E-state index in [9.17, 15) is 9.90 Å². The number of allylic oxidation sites excluding steroid dienone is 1. The minimum Gasteiger partial charge on any atom is -0.550 e. The Labute approximate surface area is 77.2 Å². The first kappa shape index (κ1) is 11.9. The van der Waals surface area contributed by atoms with Crippen LogP contribution in [0.4, 0.5) is 0 Å². The first-order valence-electron chi connectivity index (χ1n) is 2.50. The van der Waals surface area contributed by atoms with Gasteiger partial charge < -0.3 is 9.90 Å². The summed E-state index contributed by atoms with van der Waals surface area (Å²) in [6, 6.07) is 0. The molecule has 0 aliphatic carbocycles. The Bertz CT molecular complexity index is 101. The molecule has 0 amide bonds. The molecule has 0 aromatic heterocycles. The summed E-state index contributed by atoms with van der Waals surface area (Å²) in [5, 5.41) is 9.93. The fourth-order valence-electron chi connectivity index (χ4n) is 0.346. The van der Waals surface area contributed by atoms with E-state index in [1.54, 1.807) is 13.0 Å². The molecule has 2 nitrogen and oxygen atoms in total. The SMILES string of the molecule is C=CCC(C)C(=O)[O-].[Na+]. The van der Waals surface area contributed by atoms with E-state index in [0.29, 0.717) is 6.42 Å². The fourth-order valence-corrected chi connectivity index (χ4v) is 0.346. The zero-order chi connectivity index (χ0) is 6.57. The van der Waals surface area contributed by atoms with E-state index in [0.717, 1.165) is 0 Å².